The Morgan fingerprint density at radius 1 is 1.00 bits per heavy atom. The smallest absolute Gasteiger partial charge is 0.115 e. The van der Waals surface area contributed by atoms with Gasteiger partial charge in [0.1, 0.15) is 5.75 Å². The van der Waals surface area contributed by atoms with Crippen LogP contribution in [0.4, 0.5) is 0 Å². The molecule has 3 rings (SSSR count). The van der Waals surface area contributed by atoms with Crippen LogP contribution in [0.2, 0.25) is 0 Å². The Morgan fingerprint density at radius 3 is 2.35 bits per heavy atom. The molecule has 2 saturated heterocycles. The first-order chi connectivity index (χ1) is 8.31. The van der Waals surface area contributed by atoms with Crippen LogP contribution in [0.3, 0.4) is 0 Å². The van der Waals surface area contributed by atoms with Crippen LogP contribution in [-0.4, -0.2) is 23.1 Å². The lowest BCUT2D eigenvalue weighted by Crippen LogP contribution is -2.52. The second-order valence-corrected chi connectivity index (χ2v) is 5.48. The third-order valence-corrected chi connectivity index (χ3v) is 4.53. The number of hydrogen-bond donors (Lipinski definition) is 1. The van der Waals surface area contributed by atoms with Gasteiger partial charge in [-0.2, -0.15) is 0 Å². The van der Waals surface area contributed by atoms with Crippen LogP contribution in [-0.2, 0) is 5.54 Å². The van der Waals surface area contributed by atoms with Crippen LogP contribution in [0, 0.1) is 0 Å². The predicted octanol–water partition coefficient (Wildman–Crippen LogP) is 3.26. The molecule has 2 nitrogen and oxygen atoms in total. The van der Waals surface area contributed by atoms with E-state index in [2.05, 4.69) is 11.0 Å². The quantitative estimate of drug-likeness (QED) is 0.802. The fourth-order valence-corrected chi connectivity index (χ4v) is 3.69. The van der Waals surface area contributed by atoms with Crippen molar-refractivity contribution in [3.8, 4) is 5.75 Å². The fourth-order valence-electron chi connectivity index (χ4n) is 3.69. The maximum atomic E-state index is 9.71. The highest BCUT2D eigenvalue weighted by molar-refractivity contribution is 5.33. The van der Waals surface area contributed by atoms with E-state index in [1.54, 1.807) is 6.07 Å². The van der Waals surface area contributed by atoms with Crippen LogP contribution < -0.4 is 0 Å². The van der Waals surface area contributed by atoms with Gasteiger partial charge in [-0.25, -0.2) is 0 Å². The lowest BCUT2D eigenvalue weighted by atomic mass is 9.74. The van der Waals surface area contributed by atoms with Gasteiger partial charge in [0.15, 0.2) is 0 Å². The Labute approximate surface area is 103 Å². The average molecular weight is 231 g/mol. The van der Waals surface area contributed by atoms with Gasteiger partial charge in [-0.1, -0.05) is 12.1 Å². The Morgan fingerprint density at radius 2 is 1.71 bits per heavy atom. The number of phenols is 1. The standard InChI is InChI=1S/C15H21NO/c17-14-7-5-6-13(12-14)15-8-1-3-10-16(15)11-4-2-9-15/h5-7,12,17H,1-4,8-11H2. The van der Waals surface area contributed by atoms with Crippen molar-refractivity contribution in [2.24, 2.45) is 0 Å². The molecule has 17 heavy (non-hydrogen) atoms. The molecule has 0 aliphatic carbocycles. The molecule has 0 amide bonds. The van der Waals surface area contributed by atoms with Crippen molar-refractivity contribution in [3.05, 3.63) is 29.8 Å². The molecule has 2 aliphatic heterocycles. The van der Waals surface area contributed by atoms with Gasteiger partial charge in [0.2, 0.25) is 0 Å². The topological polar surface area (TPSA) is 23.5 Å². The Hall–Kier alpha value is -1.02. The number of rotatable bonds is 1. The van der Waals surface area contributed by atoms with E-state index in [-0.39, 0.29) is 5.54 Å². The minimum atomic E-state index is 0.231. The van der Waals surface area contributed by atoms with Gasteiger partial charge in [-0.05, 0) is 69.3 Å². The number of phenolic OH excluding ortho intramolecular Hbond substituents is 1. The maximum Gasteiger partial charge on any atom is 0.115 e. The van der Waals surface area contributed by atoms with Crippen molar-refractivity contribution in [2.75, 3.05) is 13.1 Å². The minimum Gasteiger partial charge on any atom is -0.508 e. The second-order valence-electron chi connectivity index (χ2n) is 5.48. The number of hydrogen-bond acceptors (Lipinski definition) is 2. The lowest BCUT2D eigenvalue weighted by Gasteiger charge is -2.51. The zero-order valence-electron chi connectivity index (χ0n) is 10.4. The van der Waals surface area contributed by atoms with E-state index in [1.165, 1.54) is 57.2 Å². The van der Waals surface area contributed by atoms with Gasteiger partial charge in [0.05, 0.1) is 0 Å². The molecule has 0 unspecified atom stereocenters. The summed E-state index contributed by atoms with van der Waals surface area (Å²) in [6, 6.07) is 7.93. The number of fused-ring (bicyclic) bond motifs is 1. The van der Waals surface area contributed by atoms with Crippen LogP contribution in [0.15, 0.2) is 24.3 Å². The molecule has 0 saturated carbocycles. The van der Waals surface area contributed by atoms with Gasteiger partial charge >= 0.3 is 0 Å². The van der Waals surface area contributed by atoms with E-state index in [4.69, 9.17) is 0 Å². The number of nitrogens with zero attached hydrogens (tertiary/aromatic N) is 1. The number of aromatic hydroxyl groups is 1. The molecule has 1 aromatic rings. The van der Waals surface area contributed by atoms with Crippen LogP contribution in [0.5, 0.6) is 5.75 Å². The Balaban J connectivity index is 2.00. The van der Waals surface area contributed by atoms with Gasteiger partial charge in [0, 0.05) is 5.54 Å². The zero-order chi connectivity index (χ0) is 11.7. The largest absolute Gasteiger partial charge is 0.508 e. The molecule has 92 valence electrons. The van der Waals surface area contributed by atoms with E-state index in [0.717, 1.165) is 0 Å². The normalized spacial score (nSPS) is 24.2. The summed E-state index contributed by atoms with van der Waals surface area (Å²) in [5, 5.41) is 9.71. The molecule has 0 aromatic heterocycles. The second kappa shape index (κ2) is 4.34. The summed E-state index contributed by atoms with van der Waals surface area (Å²) in [5.41, 5.74) is 1.56. The lowest BCUT2D eigenvalue weighted by molar-refractivity contribution is 0.00804. The summed E-state index contributed by atoms with van der Waals surface area (Å²) in [6.07, 6.45) is 7.84. The van der Waals surface area contributed by atoms with Crippen molar-refractivity contribution in [1.82, 2.24) is 4.90 Å². The maximum absolute atomic E-state index is 9.71. The van der Waals surface area contributed by atoms with Crippen LogP contribution in [0.1, 0.15) is 44.1 Å². The first-order valence-electron chi connectivity index (χ1n) is 6.86. The molecule has 0 bridgehead atoms. The summed E-state index contributed by atoms with van der Waals surface area (Å²) in [4.78, 5) is 2.66. The summed E-state index contributed by atoms with van der Waals surface area (Å²) < 4.78 is 0. The van der Waals surface area contributed by atoms with Crippen LogP contribution >= 0.6 is 0 Å². The van der Waals surface area contributed by atoms with Gasteiger partial charge in [-0.15, -0.1) is 0 Å². The molecule has 2 heterocycles. The van der Waals surface area contributed by atoms with Crippen molar-refractivity contribution in [3.63, 3.8) is 0 Å². The van der Waals surface area contributed by atoms with Crippen molar-refractivity contribution >= 4 is 0 Å². The molecule has 0 spiro atoms. The highest BCUT2D eigenvalue weighted by atomic mass is 16.3. The molecule has 1 aromatic carbocycles. The van der Waals surface area contributed by atoms with Crippen molar-refractivity contribution < 1.29 is 5.11 Å². The zero-order valence-corrected chi connectivity index (χ0v) is 10.4. The van der Waals surface area contributed by atoms with E-state index in [9.17, 15) is 5.11 Å². The summed E-state index contributed by atoms with van der Waals surface area (Å²) >= 11 is 0. The fraction of sp³-hybridized carbons (Fsp3) is 0.600. The Kier molecular flexibility index (Phi) is 2.83. The first-order valence-corrected chi connectivity index (χ1v) is 6.86. The van der Waals surface area contributed by atoms with Gasteiger partial charge in [-0.3, -0.25) is 4.90 Å². The molecule has 0 atom stereocenters. The highest BCUT2D eigenvalue weighted by Crippen LogP contribution is 2.44. The summed E-state index contributed by atoms with van der Waals surface area (Å²) in [6.45, 7) is 2.46. The van der Waals surface area contributed by atoms with Gasteiger partial charge < -0.3 is 5.11 Å². The van der Waals surface area contributed by atoms with Crippen molar-refractivity contribution in [1.29, 1.82) is 0 Å². The third-order valence-electron chi connectivity index (χ3n) is 4.53. The van der Waals surface area contributed by atoms with E-state index in [1.807, 2.05) is 12.1 Å². The SMILES string of the molecule is Oc1cccc(C23CCCCN2CCCC3)c1. The first kappa shape index (κ1) is 11.1. The number of benzene rings is 1. The van der Waals surface area contributed by atoms with E-state index in [0.29, 0.717) is 5.75 Å². The predicted molar refractivity (Wildman–Crippen MR) is 69.1 cm³/mol. The highest BCUT2D eigenvalue weighted by Gasteiger charge is 2.41. The average Bonchev–Trinajstić information content (AvgIpc) is 2.39. The summed E-state index contributed by atoms with van der Waals surface area (Å²) in [7, 11) is 0. The third kappa shape index (κ3) is 1.85. The molecule has 2 fully saturated rings. The molecule has 0 radical (unpaired) electrons. The molecule has 1 N–H and O–H groups in total. The molecular formula is C15H21NO. The molecule has 2 heteroatoms. The minimum absolute atomic E-state index is 0.231. The monoisotopic (exact) mass is 231 g/mol. The van der Waals surface area contributed by atoms with E-state index >= 15 is 0 Å². The summed E-state index contributed by atoms with van der Waals surface area (Å²) in [5.74, 6) is 0.410. The Bertz CT molecular complexity index is 390. The van der Waals surface area contributed by atoms with E-state index < -0.39 is 0 Å². The van der Waals surface area contributed by atoms with Crippen LogP contribution in [0.25, 0.3) is 0 Å². The van der Waals surface area contributed by atoms with Crippen molar-refractivity contribution in [2.45, 2.75) is 44.1 Å². The van der Waals surface area contributed by atoms with Gasteiger partial charge in [0.25, 0.3) is 0 Å². The molecule has 2 aliphatic rings. The number of piperidine rings is 2. The molecular weight excluding hydrogens is 210 g/mol.